The molecular weight excluding hydrogens is 228 g/mol. The summed E-state index contributed by atoms with van der Waals surface area (Å²) in [5.74, 6) is 0.549. The normalized spacial score (nSPS) is 27.6. The molecule has 0 N–H and O–H groups in total. The van der Waals surface area contributed by atoms with Crippen LogP contribution < -0.4 is 0 Å². The van der Waals surface area contributed by atoms with Gasteiger partial charge in [-0.25, -0.2) is 0 Å². The molecule has 0 aromatic rings. The molecule has 18 heavy (non-hydrogen) atoms. The summed E-state index contributed by atoms with van der Waals surface area (Å²) in [5.41, 5.74) is 0. The molecule has 0 bridgehead atoms. The number of nitrogens with zero attached hydrogens (tertiary/aromatic N) is 2. The number of carbonyl (C=O) groups is 1. The third-order valence-corrected chi connectivity index (χ3v) is 4.48. The van der Waals surface area contributed by atoms with Crippen LogP contribution in [0.5, 0.6) is 0 Å². The Hall–Kier alpha value is -0.610. The molecule has 0 saturated carbocycles. The fourth-order valence-electron chi connectivity index (χ4n) is 3.29. The van der Waals surface area contributed by atoms with Crippen LogP contribution in [-0.2, 0) is 9.53 Å². The minimum atomic E-state index is -0.00940. The lowest BCUT2D eigenvalue weighted by molar-refractivity contribution is -0.148. The van der Waals surface area contributed by atoms with Crippen molar-refractivity contribution >= 4 is 5.97 Å². The second-order valence-corrected chi connectivity index (χ2v) is 5.58. The summed E-state index contributed by atoms with van der Waals surface area (Å²) in [7, 11) is 1.52. The maximum absolute atomic E-state index is 12.0. The zero-order chi connectivity index (χ0) is 13.0. The van der Waals surface area contributed by atoms with Crippen LogP contribution in [0.1, 0.15) is 26.2 Å². The Morgan fingerprint density at radius 3 is 2.56 bits per heavy atom. The minimum Gasteiger partial charge on any atom is -0.469 e. The predicted molar refractivity (Wildman–Crippen MR) is 71.4 cm³/mol. The number of methoxy groups -OCH3 is 1. The van der Waals surface area contributed by atoms with E-state index in [1.807, 2.05) is 0 Å². The van der Waals surface area contributed by atoms with Crippen molar-refractivity contribution < 1.29 is 9.53 Å². The van der Waals surface area contributed by atoms with E-state index in [9.17, 15) is 4.79 Å². The summed E-state index contributed by atoms with van der Waals surface area (Å²) >= 11 is 0. The highest BCUT2D eigenvalue weighted by atomic mass is 16.5. The van der Waals surface area contributed by atoms with Gasteiger partial charge in [0.15, 0.2) is 0 Å². The van der Waals surface area contributed by atoms with E-state index in [0.29, 0.717) is 5.92 Å². The van der Waals surface area contributed by atoms with E-state index in [1.165, 1.54) is 20.0 Å². The van der Waals surface area contributed by atoms with Crippen molar-refractivity contribution in [3.8, 4) is 0 Å². The molecule has 0 spiro atoms. The van der Waals surface area contributed by atoms with Crippen molar-refractivity contribution in [2.45, 2.75) is 26.2 Å². The number of esters is 1. The average molecular weight is 254 g/mol. The smallest absolute Gasteiger partial charge is 0.310 e. The zero-order valence-corrected chi connectivity index (χ0v) is 11.7. The Bertz CT molecular complexity index is 277. The van der Waals surface area contributed by atoms with Gasteiger partial charge < -0.3 is 14.5 Å². The largest absolute Gasteiger partial charge is 0.469 e. The van der Waals surface area contributed by atoms with Crippen LogP contribution in [0.15, 0.2) is 0 Å². The molecule has 0 radical (unpaired) electrons. The molecule has 4 heteroatoms. The molecule has 2 fully saturated rings. The van der Waals surface area contributed by atoms with Gasteiger partial charge in [0.1, 0.15) is 0 Å². The molecule has 2 saturated heterocycles. The van der Waals surface area contributed by atoms with Crippen molar-refractivity contribution in [1.29, 1.82) is 0 Å². The molecule has 2 aliphatic heterocycles. The fourth-order valence-corrected chi connectivity index (χ4v) is 3.29. The van der Waals surface area contributed by atoms with E-state index < -0.39 is 0 Å². The standard InChI is InChI=1S/C14H26N2O2/c1-3-15-9-6-12(10-15)13(14(17)18-2)11-16-7-4-5-8-16/h12-13H,3-11H2,1-2H3. The minimum absolute atomic E-state index is 0.00940. The molecule has 2 unspecified atom stereocenters. The Labute approximate surface area is 110 Å². The fraction of sp³-hybridized carbons (Fsp3) is 0.929. The molecular formula is C14H26N2O2. The van der Waals surface area contributed by atoms with Crippen molar-refractivity contribution in [2.75, 3.05) is 46.4 Å². The number of hydrogen-bond acceptors (Lipinski definition) is 4. The molecule has 2 atom stereocenters. The summed E-state index contributed by atoms with van der Waals surface area (Å²) in [6.07, 6.45) is 3.70. The van der Waals surface area contributed by atoms with Crippen molar-refractivity contribution in [1.82, 2.24) is 9.80 Å². The lowest BCUT2D eigenvalue weighted by Gasteiger charge is -2.26. The van der Waals surface area contributed by atoms with Crippen LogP contribution in [-0.4, -0.2) is 62.1 Å². The monoisotopic (exact) mass is 254 g/mol. The Kier molecular flexibility index (Phi) is 5.01. The summed E-state index contributed by atoms with van der Waals surface area (Å²) < 4.78 is 5.02. The topological polar surface area (TPSA) is 32.8 Å². The maximum atomic E-state index is 12.0. The van der Waals surface area contributed by atoms with Crippen molar-refractivity contribution in [3.05, 3.63) is 0 Å². The van der Waals surface area contributed by atoms with Gasteiger partial charge in [0.2, 0.25) is 0 Å². The molecule has 2 aliphatic rings. The average Bonchev–Trinajstić information content (AvgIpc) is 3.05. The summed E-state index contributed by atoms with van der Waals surface area (Å²) in [4.78, 5) is 16.9. The summed E-state index contributed by atoms with van der Waals surface area (Å²) in [5, 5.41) is 0. The molecule has 4 nitrogen and oxygen atoms in total. The van der Waals surface area contributed by atoms with Crippen LogP contribution in [0.25, 0.3) is 0 Å². The van der Waals surface area contributed by atoms with Crippen LogP contribution in [0.2, 0.25) is 0 Å². The molecule has 2 heterocycles. The van der Waals surface area contributed by atoms with Crippen molar-refractivity contribution in [3.63, 3.8) is 0 Å². The van der Waals surface area contributed by atoms with Gasteiger partial charge in [0.05, 0.1) is 13.0 Å². The predicted octanol–water partition coefficient (Wildman–Crippen LogP) is 1.21. The maximum Gasteiger partial charge on any atom is 0.310 e. The first kappa shape index (κ1) is 13.8. The van der Waals surface area contributed by atoms with Gasteiger partial charge in [-0.1, -0.05) is 6.92 Å². The van der Waals surface area contributed by atoms with Gasteiger partial charge in [0.25, 0.3) is 0 Å². The Balaban J connectivity index is 1.94. The van der Waals surface area contributed by atoms with Gasteiger partial charge in [-0.3, -0.25) is 4.79 Å². The highest BCUT2D eigenvalue weighted by Crippen LogP contribution is 2.27. The van der Waals surface area contributed by atoms with E-state index in [2.05, 4.69) is 16.7 Å². The molecule has 2 rings (SSSR count). The first-order valence-electron chi connectivity index (χ1n) is 7.27. The van der Waals surface area contributed by atoms with Gasteiger partial charge in [-0.05, 0) is 51.4 Å². The molecule has 0 amide bonds. The van der Waals surface area contributed by atoms with Crippen LogP contribution in [0.4, 0.5) is 0 Å². The number of hydrogen-bond donors (Lipinski definition) is 0. The first-order chi connectivity index (χ1) is 8.74. The van der Waals surface area contributed by atoms with Gasteiger partial charge in [-0.15, -0.1) is 0 Å². The number of likely N-dealkylation sites (tertiary alicyclic amines) is 2. The molecule has 0 aromatic heterocycles. The van der Waals surface area contributed by atoms with E-state index in [0.717, 1.165) is 45.7 Å². The van der Waals surface area contributed by atoms with Crippen LogP contribution in [0, 0.1) is 11.8 Å². The molecule has 0 aliphatic carbocycles. The first-order valence-corrected chi connectivity index (χ1v) is 7.27. The Morgan fingerprint density at radius 1 is 1.28 bits per heavy atom. The Morgan fingerprint density at radius 2 is 2.00 bits per heavy atom. The second-order valence-electron chi connectivity index (χ2n) is 5.58. The van der Waals surface area contributed by atoms with Crippen LogP contribution in [0.3, 0.4) is 0 Å². The van der Waals surface area contributed by atoms with Crippen molar-refractivity contribution in [2.24, 2.45) is 11.8 Å². The zero-order valence-electron chi connectivity index (χ0n) is 11.7. The van der Waals surface area contributed by atoms with E-state index in [1.54, 1.807) is 0 Å². The second kappa shape index (κ2) is 6.53. The van der Waals surface area contributed by atoms with Crippen LogP contribution >= 0.6 is 0 Å². The van der Waals surface area contributed by atoms with E-state index in [-0.39, 0.29) is 11.9 Å². The van der Waals surface area contributed by atoms with Gasteiger partial charge >= 0.3 is 5.97 Å². The molecule has 0 aromatic carbocycles. The summed E-state index contributed by atoms with van der Waals surface area (Å²) in [6.45, 7) is 8.67. The van der Waals surface area contributed by atoms with Gasteiger partial charge in [0, 0.05) is 13.1 Å². The highest BCUT2D eigenvalue weighted by Gasteiger charge is 2.35. The number of ether oxygens (including phenoxy) is 1. The number of carbonyl (C=O) groups excluding carboxylic acids is 1. The quantitative estimate of drug-likeness (QED) is 0.691. The van der Waals surface area contributed by atoms with Gasteiger partial charge in [-0.2, -0.15) is 0 Å². The number of rotatable bonds is 5. The molecule has 104 valence electrons. The summed E-state index contributed by atoms with van der Waals surface area (Å²) in [6, 6.07) is 0. The third kappa shape index (κ3) is 3.23. The third-order valence-electron chi connectivity index (χ3n) is 4.48. The lowest BCUT2D eigenvalue weighted by Crippen LogP contribution is -2.37. The SMILES string of the molecule is CCN1CCC(C(CN2CCCC2)C(=O)OC)C1. The van der Waals surface area contributed by atoms with E-state index >= 15 is 0 Å². The lowest BCUT2D eigenvalue weighted by atomic mass is 9.91. The highest BCUT2D eigenvalue weighted by molar-refractivity contribution is 5.73. The van der Waals surface area contributed by atoms with E-state index in [4.69, 9.17) is 4.74 Å².